The number of nitrogens with one attached hydrogen (secondary N) is 1. The van der Waals surface area contributed by atoms with Gasteiger partial charge in [0.05, 0.1) is 17.2 Å². The van der Waals surface area contributed by atoms with Crippen molar-refractivity contribution in [2.45, 2.75) is 17.7 Å². The molecule has 0 aliphatic carbocycles. The predicted molar refractivity (Wildman–Crippen MR) is 133 cm³/mol. The van der Waals surface area contributed by atoms with E-state index in [2.05, 4.69) is 0 Å². The number of halogens is 2. The quantitative estimate of drug-likeness (QED) is 0.374. The number of benzene rings is 3. The maximum Gasteiger partial charge on any atom is 0.266 e. The minimum Gasteiger partial charge on any atom is -0.267 e. The predicted octanol–water partition coefficient (Wildman–Crippen LogP) is 5.44. The van der Waals surface area contributed by atoms with E-state index in [9.17, 15) is 8.42 Å². The highest BCUT2D eigenvalue weighted by Crippen LogP contribution is 2.30. The van der Waals surface area contributed by atoms with Crippen LogP contribution < -0.4 is 0 Å². The van der Waals surface area contributed by atoms with Crippen molar-refractivity contribution >= 4 is 44.9 Å². The van der Waals surface area contributed by atoms with Crippen molar-refractivity contribution in [3.8, 4) is 0 Å². The summed E-state index contributed by atoms with van der Waals surface area (Å²) in [7, 11) is -3.95. The van der Waals surface area contributed by atoms with Gasteiger partial charge in [0, 0.05) is 22.5 Å². The second kappa shape index (κ2) is 9.55. The summed E-state index contributed by atoms with van der Waals surface area (Å²) in [5, 5.41) is 15.9. The fourth-order valence-corrected chi connectivity index (χ4v) is 5.41. The average molecular weight is 501 g/mol. The van der Waals surface area contributed by atoms with Crippen LogP contribution in [0.25, 0.3) is 0 Å². The van der Waals surface area contributed by atoms with Gasteiger partial charge < -0.3 is 0 Å². The Balaban J connectivity index is 1.70. The molecule has 1 unspecified atom stereocenters. The molecule has 0 aromatic heterocycles. The van der Waals surface area contributed by atoms with Crippen LogP contribution in [0.5, 0.6) is 0 Å². The fraction of sp³-hybridized carbons (Fsp3) is 0.167. The van der Waals surface area contributed by atoms with Gasteiger partial charge in [0.25, 0.3) is 10.0 Å². The second-order valence-electron chi connectivity index (χ2n) is 7.48. The first kappa shape index (κ1) is 23.3. The lowest BCUT2D eigenvalue weighted by molar-refractivity contribution is 0.407. The molecule has 3 aromatic carbocycles. The molecular weight excluding hydrogens is 479 g/mol. The van der Waals surface area contributed by atoms with Crippen LogP contribution in [-0.2, 0) is 10.0 Å². The molecule has 0 saturated heterocycles. The zero-order valence-electron chi connectivity index (χ0n) is 17.8. The van der Waals surface area contributed by atoms with Gasteiger partial charge in [-0.25, -0.2) is 17.7 Å². The van der Waals surface area contributed by atoms with E-state index in [1.54, 1.807) is 19.1 Å². The maximum atomic E-state index is 13.3. The lowest BCUT2D eigenvalue weighted by Crippen LogP contribution is -2.44. The first-order valence-electron chi connectivity index (χ1n) is 10.3. The Labute approximate surface area is 203 Å². The number of hydrogen-bond acceptors (Lipinski definition) is 4. The molecule has 0 saturated carbocycles. The molecule has 0 bridgehead atoms. The van der Waals surface area contributed by atoms with Gasteiger partial charge in [0.1, 0.15) is 0 Å². The Morgan fingerprint density at radius 1 is 1.00 bits per heavy atom. The molecule has 1 aliphatic heterocycles. The van der Waals surface area contributed by atoms with Crippen LogP contribution in [0.1, 0.15) is 24.0 Å². The molecule has 0 spiro atoms. The van der Waals surface area contributed by atoms with E-state index in [0.29, 0.717) is 16.6 Å². The highest BCUT2D eigenvalue weighted by Gasteiger charge is 2.35. The minimum absolute atomic E-state index is 0.0687. The van der Waals surface area contributed by atoms with Crippen LogP contribution in [0.3, 0.4) is 0 Å². The first-order valence-corrected chi connectivity index (χ1v) is 12.5. The number of guanidine groups is 1. The molecule has 33 heavy (non-hydrogen) atoms. The third-order valence-electron chi connectivity index (χ3n) is 5.43. The molecule has 3 aromatic rings. The van der Waals surface area contributed by atoms with Gasteiger partial charge in [-0.1, -0.05) is 65.7 Å². The summed E-state index contributed by atoms with van der Waals surface area (Å²) < 4.78 is 27.6. The summed E-state index contributed by atoms with van der Waals surface area (Å²) in [5.41, 5.74) is 2.65. The van der Waals surface area contributed by atoms with E-state index in [1.807, 2.05) is 42.5 Å². The molecule has 0 fully saturated rings. The van der Waals surface area contributed by atoms with Crippen LogP contribution in [0.4, 0.5) is 0 Å². The van der Waals surface area contributed by atoms with Crippen LogP contribution in [0, 0.1) is 5.41 Å². The van der Waals surface area contributed by atoms with Crippen LogP contribution in [-0.4, -0.2) is 42.5 Å². The Hall–Kier alpha value is -2.87. The van der Waals surface area contributed by atoms with Crippen molar-refractivity contribution in [1.82, 2.24) is 9.31 Å². The van der Waals surface area contributed by atoms with Gasteiger partial charge >= 0.3 is 0 Å². The molecule has 1 heterocycles. The summed E-state index contributed by atoms with van der Waals surface area (Å²) in [6.45, 7) is 2.12. The van der Waals surface area contributed by atoms with E-state index in [0.717, 1.165) is 21.1 Å². The molecule has 1 atom stereocenters. The standard InChI is InChI=1S/C24H22Cl2N4O2S/c1-2-30(33(31,32)21-14-12-20(26)13-15-21)24(27)29-16-22(17-6-4-3-5-7-17)23(28-29)18-8-10-19(25)11-9-18/h3-15,22,27H,2,16H2,1H3. The monoisotopic (exact) mass is 500 g/mol. The van der Waals surface area contributed by atoms with Gasteiger partial charge in [-0.15, -0.1) is 0 Å². The summed E-state index contributed by atoms with van der Waals surface area (Å²) in [6.07, 6.45) is 0. The van der Waals surface area contributed by atoms with Crippen molar-refractivity contribution in [2.75, 3.05) is 13.1 Å². The Morgan fingerprint density at radius 2 is 1.58 bits per heavy atom. The second-order valence-corrected chi connectivity index (χ2v) is 10.2. The SMILES string of the molecule is CCN(C(=N)N1CC(c2ccccc2)C(c2ccc(Cl)cc2)=N1)S(=O)(=O)c1ccc(Cl)cc1. The van der Waals surface area contributed by atoms with Crippen molar-refractivity contribution in [3.63, 3.8) is 0 Å². The summed E-state index contributed by atoms with van der Waals surface area (Å²) in [5.74, 6) is -0.345. The molecule has 170 valence electrons. The van der Waals surface area contributed by atoms with Gasteiger partial charge in [-0.05, 0) is 54.4 Å². The number of hydrazone groups is 1. The molecule has 0 amide bonds. The highest BCUT2D eigenvalue weighted by molar-refractivity contribution is 7.89. The van der Waals surface area contributed by atoms with Crippen molar-refractivity contribution < 1.29 is 8.42 Å². The molecule has 9 heteroatoms. The third kappa shape index (κ3) is 4.76. The van der Waals surface area contributed by atoms with Crippen LogP contribution in [0.15, 0.2) is 88.9 Å². The average Bonchev–Trinajstić information content (AvgIpc) is 3.26. The Kier molecular flexibility index (Phi) is 6.74. The third-order valence-corrected chi connectivity index (χ3v) is 7.81. The maximum absolute atomic E-state index is 13.3. The molecule has 6 nitrogen and oxygen atoms in total. The first-order chi connectivity index (χ1) is 15.8. The topological polar surface area (TPSA) is 76.8 Å². The number of rotatable bonds is 5. The summed E-state index contributed by atoms with van der Waals surface area (Å²) in [4.78, 5) is 0.0687. The minimum atomic E-state index is -3.95. The zero-order valence-corrected chi connectivity index (χ0v) is 20.1. The van der Waals surface area contributed by atoms with Crippen molar-refractivity contribution in [1.29, 1.82) is 5.41 Å². The summed E-state index contributed by atoms with van der Waals surface area (Å²) >= 11 is 12.0. The smallest absolute Gasteiger partial charge is 0.266 e. The fourth-order valence-electron chi connectivity index (χ4n) is 3.76. The van der Waals surface area contributed by atoms with Gasteiger partial charge in [0.15, 0.2) is 0 Å². The molecular formula is C24H22Cl2N4O2S. The molecule has 0 radical (unpaired) electrons. The van der Waals surface area contributed by atoms with Crippen LogP contribution >= 0.6 is 23.2 Å². The number of hydrogen-bond donors (Lipinski definition) is 1. The molecule has 4 rings (SSSR count). The van der Waals surface area contributed by atoms with E-state index >= 15 is 0 Å². The van der Waals surface area contributed by atoms with E-state index in [-0.39, 0.29) is 23.3 Å². The number of sulfonamides is 1. The van der Waals surface area contributed by atoms with Crippen molar-refractivity contribution in [3.05, 3.63) is 100 Å². The largest absolute Gasteiger partial charge is 0.267 e. The van der Waals surface area contributed by atoms with Gasteiger partial charge in [-0.2, -0.15) is 5.10 Å². The van der Waals surface area contributed by atoms with Crippen LogP contribution in [0.2, 0.25) is 10.0 Å². The Bertz CT molecular complexity index is 1280. The van der Waals surface area contributed by atoms with E-state index < -0.39 is 10.0 Å². The van der Waals surface area contributed by atoms with Gasteiger partial charge in [-0.3, -0.25) is 5.41 Å². The van der Waals surface area contributed by atoms with Gasteiger partial charge in [0.2, 0.25) is 5.96 Å². The van der Waals surface area contributed by atoms with E-state index in [1.165, 1.54) is 29.3 Å². The normalized spacial score (nSPS) is 15.9. The Morgan fingerprint density at radius 3 is 2.15 bits per heavy atom. The lowest BCUT2D eigenvalue weighted by Gasteiger charge is -2.27. The highest BCUT2D eigenvalue weighted by atomic mass is 35.5. The van der Waals surface area contributed by atoms with E-state index in [4.69, 9.17) is 33.7 Å². The zero-order chi connectivity index (χ0) is 23.6. The molecule has 1 aliphatic rings. The lowest BCUT2D eigenvalue weighted by atomic mass is 9.91. The summed E-state index contributed by atoms with van der Waals surface area (Å²) in [6, 6.07) is 23.1. The van der Waals surface area contributed by atoms with Crippen molar-refractivity contribution in [2.24, 2.45) is 5.10 Å². The molecule has 1 N–H and O–H groups in total. The number of nitrogens with zero attached hydrogens (tertiary/aromatic N) is 3.